The van der Waals surface area contributed by atoms with Crippen LogP contribution in [0.3, 0.4) is 0 Å². The van der Waals surface area contributed by atoms with Crippen molar-refractivity contribution in [2.75, 3.05) is 6.54 Å². The smallest absolute Gasteiger partial charge is 0.0409 e. The Kier molecular flexibility index (Phi) is 4.66. The minimum Gasteiger partial charge on any atom is -0.327 e. The predicted molar refractivity (Wildman–Crippen MR) is 77.9 cm³/mol. The Morgan fingerprint density at radius 3 is 2.78 bits per heavy atom. The van der Waals surface area contributed by atoms with Crippen LogP contribution < -0.4 is 5.73 Å². The summed E-state index contributed by atoms with van der Waals surface area (Å²) < 4.78 is 0. The van der Waals surface area contributed by atoms with Gasteiger partial charge >= 0.3 is 0 Å². The predicted octanol–water partition coefficient (Wildman–Crippen LogP) is 3.60. The van der Waals surface area contributed by atoms with Crippen LogP contribution in [0.25, 0.3) is 0 Å². The molecule has 3 unspecified atom stereocenters. The van der Waals surface area contributed by atoms with Crippen molar-refractivity contribution in [3.8, 4) is 0 Å². The van der Waals surface area contributed by atoms with E-state index in [1.165, 1.54) is 24.8 Å². The quantitative estimate of drug-likeness (QED) is 0.906. The fourth-order valence-electron chi connectivity index (χ4n) is 2.98. The lowest BCUT2D eigenvalue weighted by Gasteiger charge is -2.42. The van der Waals surface area contributed by atoms with Gasteiger partial charge in [-0.05, 0) is 50.9 Å². The topological polar surface area (TPSA) is 29.3 Å². The molecule has 100 valence electrons. The molecule has 1 aromatic rings. The highest BCUT2D eigenvalue weighted by atomic mass is 35.5. The van der Waals surface area contributed by atoms with E-state index in [9.17, 15) is 0 Å². The zero-order valence-electron chi connectivity index (χ0n) is 11.3. The highest BCUT2D eigenvalue weighted by Crippen LogP contribution is 2.30. The maximum Gasteiger partial charge on any atom is 0.0409 e. The normalized spacial score (nSPS) is 24.8. The van der Waals surface area contributed by atoms with Gasteiger partial charge < -0.3 is 5.73 Å². The summed E-state index contributed by atoms with van der Waals surface area (Å²) in [6, 6.07) is 9.29. The summed E-state index contributed by atoms with van der Waals surface area (Å²) in [5.41, 5.74) is 7.42. The third kappa shape index (κ3) is 3.05. The first kappa shape index (κ1) is 13.9. The molecule has 0 bridgehead atoms. The van der Waals surface area contributed by atoms with E-state index in [4.69, 9.17) is 17.3 Å². The van der Waals surface area contributed by atoms with Crippen LogP contribution in [-0.2, 0) is 0 Å². The van der Waals surface area contributed by atoms with Crippen LogP contribution in [0, 0.1) is 0 Å². The van der Waals surface area contributed by atoms with E-state index in [0.29, 0.717) is 12.1 Å². The third-order valence-corrected chi connectivity index (χ3v) is 4.26. The number of halogens is 1. The summed E-state index contributed by atoms with van der Waals surface area (Å²) in [4.78, 5) is 2.54. The van der Waals surface area contributed by atoms with E-state index >= 15 is 0 Å². The average molecular weight is 267 g/mol. The van der Waals surface area contributed by atoms with Gasteiger partial charge in [0.25, 0.3) is 0 Å². The molecule has 0 saturated carbocycles. The van der Waals surface area contributed by atoms with Crippen molar-refractivity contribution in [3.63, 3.8) is 0 Å². The van der Waals surface area contributed by atoms with Crippen molar-refractivity contribution in [1.29, 1.82) is 0 Å². The maximum atomic E-state index is 6.14. The summed E-state index contributed by atoms with van der Waals surface area (Å²) in [6.45, 7) is 5.51. The molecule has 2 nitrogen and oxygen atoms in total. The third-order valence-electron chi connectivity index (χ3n) is 4.03. The number of piperidine rings is 1. The number of hydrogen-bond acceptors (Lipinski definition) is 2. The number of likely N-dealkylation sites (tertiary alicyclic amines) is 1. The zero-order valence-corrected chi connectivity index (χ0v) is 12.0. The second kappa shape index (κ2) is 6.05. The molecule has 0 aromatic heterocycles. The molecule has 2 rings (SSSR count). The Hall–Kier alpha value is -0.570. The van der Waals surface area contributed by atoms with Gasteiger partial charge in [-0.1, -0.05) is 30.2 Å². The molecule has 1 saturated heterocycles. The van der Waals surface area contributed by atoms with E-state index in [0.717, 1.165) is 11.6 Å². The monoisotopic (exact) mass is 266 g/mol. The van der Waals surface area contributed by atoms with Gasteiger partial charge in [0.15, 0.2) is 0 Å². The molecule has 3 atom stereocenters. The molecule has 1 fully saturated rings. The van der Waals surface area contributed by atoms with E-state index in [1.54, 1.807) is 0 Å². The molecule has 2 N–H and O–H groups in total. The first-order valence-electron chi connectivity index (χ1n) is 6.86. The minimum absolute atomic E-state index is 0.229. The number of benzene rings is 1. The first-order valence-corrected chi connectivity index (χ1v) is 7.24. The average Bonchev–Trinajstić information content (AvgIpc) is 2.38. The molecule has 3 heteroatoms. The molecule has 18 heavy (non-hydrogen) atoms. The van der Waals surface area contributed by atoms with Gasteiger partial charge in [-0.3, -0.25) is 4.90 Å². The van der Waals surface area contributed by atoms with Gasteiger partial charge in [-0.15, -0.1) is 0 Å². The lowest BCUT2D eigenvalue weighted by Crippen LogP contribution is -2.49. The van der Waals surface area contributed by atoms with Gasteiger partial charge in [0.1, 0.15) is 0 Å². The second-order valence-corrected chi connectivity index (χ2v) is 5.83. The molecule has 0 spiro atoms. The highest BCUT2D eigenvalue weighted by Gasteiger charge is 2.29. The van der Waals surface area contributed by atoms with E-state index < -0.39 is 0 Å². The van der Waals surface area contributed by atoms with Gasteiger partial charge in [-0.2, -0.15) is 0 Å². The summed E-state index contributed by atoms with van der Waals surface area (Å²) in [5.74, 6) is 0. The van der Waals surface area contributed by atoms with E-state index in [1.807, 2.05) is 12.1 Å². The Morgan fingerprint density at radius 2 is 2.11 bits per heavy atom. The Labute approximate surface area is 115 Å². The SMILES string of the molecule is CC(N)C1CCCCN1C(C)c1cccc(Cl)c1. The van der Waals surface area contributed by atoms with Gasteiger partial charge in [0.05, 0.1) is 0 Å². The lowest BCUT2D eigenvalue weighted by atomic mass is 9.93. The van der Waals surface area contributed by atoms with E-state index in [-0.39, 0.29) is 6.04 Å². The number of nitrogens with two attached hydrogens (primary N) is 1. The number of nitrogens with zero attached hydrogens (tertiary/aromatic N) is 1. The molecular formula is C15H23ClN2. The van der Waals surface area contributed by atoms with Crippen molar-refractivity contribution in [2.24, 2.45) is 5.73 Å². The Bertz CT molecular complexity index is 392. The molecule has 0 radical (unpaired) electrons. The molecule has 0 aliphatic carbocycles. The van der Waals surface area contributed by atoms with Gasteiger partial charge in [-0.25, -0.2) is 0 Å². The standard InChI is InChI=1S/C15H23ClN2/c1-11(17)15-8-3-4-9-18(15)12(2)13-6-5-7-14(16)10-13/h5-7,10-12,15H,3-4,8-9,17H2,1-2H3. The Morgan fingerprint density at radius 1 is 1.33 bits per heavy atom. The maximum absolute atomic E-state index is 6.14. The fourth-order valence-corrected chi connectivity index (χ4v) is 3.18. The van der Waals surface area contributed by atoms with Crippen molar-refractivity contribution in [1.82, 2.24) is 4.90 Å². The van der Waals surface area contributed by atoms with Crippen molar-refractivity contribution < 1.29 is 0 Å². The van der Waals surface area contributed by atoms with Crippen molar-refractivity contribution in [3.05, 3.63) is 34.9 Å². The minimum atomic E-state index is 0.229. The number of rotatable bonds is 3. The molecule has 1 heterocycles. The first-order chi connectivity index (χ1) is 8.59. The van der Waals surface area contributed by atoms with Crippen LogP contribution in [0.2, 0.25) is 5.02 Å². The fraction of sp³-hybridized carbons (Fsp3) is 0.600. The summed E-state index contributed by atoms with van der Waals surface area (Å²) in [5, 5.41) is 0.814. The second-order valence-electron chi connectivity index (χ2n) is 5.39. The van der Waals surface area contributed by atoms with Gasteiger partial charge in [0.2, 0.25) is 0 Å². The van der Waals surface area contributed by atoms with Gasteiger partial charge in [0, 0.05) is 23.1 Å². The molecular weight excluding hydrogens is 244 g/mol. The van der Waals surface area contributed by atoms with Crippen LogP contribution >= 0.6 is 11.6 Å². The molecule has 1 aliphatic rings. The summed E-state index contributed by atoms with van der Waals surface area (Å²) >= 11 is 6.08. The van der Waals surface area contributed by atoms with Crippen molar-refractivity contribution >= 4 is 11.6 Å². The number of hydrogen-bond donors (Lipinski definition) is 1. The molecule has 0 amide bonds. The largest absolute Gasteiger partial charge is 0.327 e. The lowest BCUT2D eigenvalue weighted by molar-refractivity contribution is 0.0890. The van der Waals surface area contributed by atoms with E-state index in [2.05, 4.69) is 30.9 Å². The summed E-state index contributed by atoms with van der Waals surface area (Å²) in [6.07, 6.45) is 3.78. The Balaban J connectivity index is 2.18. The zero-order chi connectivity index (χ0) is 13.1. The highest BCUT2D eigenvalue weighted by molar-refractivity contribution is 6.30. The van der Waals surface area contributed by atoms with Crippen molar-refractivity contribution in [2.45, 2.75) is 51.2 Å². The van der Waals surface area contributed by atoms with Crippen LogP contribution in [0.4, 0.5) is 0 Å². The van der Waals surface area contributed by atoms with Crippen LogP contribution in [0.5, 0.6) is 0 Å². The summed E-state index contributed by atoms with van der Waals surface area (Å²) in [7, 11) is 0. The van der Waals surface area contributed by atoms with Crippen LogP contribution in [0.1, 0.15) is 44.7 Å². The van der Waals surface area contributed by atoms with Crippen LogP contribution in [0.15, 0.2) is 24.3 Å². The van der Waals surface area contributed by atoms with Crippen LogP contribution in [-0.4, -0.2) is 23.5 Å². The molecule has 1 aliphatic heterocycles. The molecule has 1 aromatic carbocycles.